The van der Waals surface area contributed by atoms with Crippen LogP contribution in [0.5, 0.6) is 0 Å². The van der Waals surface area contributed by atoms with Crippen LogP contribution in [0, 0.1) is 0 Å². The predicted octanol–water partition coefficient (Wildman–Crippen LogP) is 2.98. The van der Waals surface area contributed by atoms with E-state index in [0.29, 0.717) is 0 Å². The van der Waals surface area contributed by atoms with Crippen molar-refractivity contribution in [3.63, 3.8) is 0 Å². The minimum Gasteiger partial charge on any atom is -0.0839 e. The fourth-order valence-corrected chi connectivity index (χ4v) is 1.63. The molecule has 0 atom stereocenters. The van der Waals surface area contributed by atoms with E-state index in [1.807, 2.05) is 0 Å². The standard InChI is InChI=1S/C10H12/c1-2-6-9(5-1)10-7-3-4-8-10/h1,3,5,7H,2,4,6,8H2. The summed E-state index contributed by atoms with van der Waals surface area (Å²) in [6, 6.07) is 0. The van der Waals surface area contributed by atoms with Crippen LogP contribution in [0.1, 0.15) is 25.7 Å². The Hall–Kier alpha value is -0.780. The van der Waals surface area contributed by atoms with Gasteiger partial charge in [0.2, 0.25) is 0 Å². The largest absolute Gasteiger partial charge is 0.0839 e. The molecule has 0 saturated heterocycles. The molecule has 0 amide bonds. The lowest BCUT2D eigenvalue weighted by Gasteiger charge is -1.97. The minimum atomic E-state index is 1.26. The lowest BCUT2D eigenvalue weighted by molar-refractivity contribution is 0.997. The van der Waals surface area contributed by atoms with Crippen LogP contribution < -0.4 is 0 Å². The van der Waals surface area contributed by atoms with Gasteiger partial charge in [-0.25, -0.2) is 0 Å². The number of hydrogen-bond acceptors (Lipinski definition) is 0. The highest BCUT2D eigenvalue weighted by Crippen LogP contribution is 2.26. The lowest BCUT2D eigenvalue weighted by atomic mass is 10.1. The fraction of sp³-hybridized carbons (Fsp3) is 0.400. The third-order valence-corrected chi connectivity index (χ3v) is 2.21. The van der Waals surface area contributed by atoms with Crippen molar-refractivity contribution < 1.29 is 0 Å². The summed E-state index contributed by atoms with van der Waals surface area (Å²) in [5.41, 5.74) is 3.16. The van der Waals surface area contributed by atoms with Crippen LogP contribution in [-0.4, -0.2) is 0 Å². The second-order valence-electron chi connectivity index (χ2n) is 2.93. The van der Waals surface area contributed by atoms with Crippen LogP contribution in [0.15, 0.2) is 35.5 Å². The van der Waals surface area contributed by atoms with E-state index in [9.17, 15) is 0 Å². The molecule has 0 aliphatic heterocycles. The summed E-state index contributed by atoms with van der Waals surface area (Å²) in [6.45, 7) is 0. The smallest absolute Gasteiger partial charge is 0.0241 e. The molecular formula is C10H12. The topological polar surface area (TPSA) is 0 Å². The van der Waals surface area contributed by atoms with Gasteiger partial charge < -0.3 is 0 Å². The number of rotatable bonds is 0. The maximum atomic E-state index is 2.28. The molecule has 0 spiro atoms. The van der Waals surface area contributed by atoms with Crippen molar-refractivity contribution >= 4 is 0 Å². The summed E-state index contributed by atoms with van der Waals surface area (Å²) in [4.78, 5) is 0. The molecule has 2 rings (SSSR count). The van der Waals surface area contributed by atoms with Gasteiger partial charge in [-0.3, -0.25) is 0 Å². The monoisotopic (exact) mass is 132 g/mol. The van der Waals surface area contributed by atoms with Crippen molar-refractivity contribution in [2.45, 2.75) is 25.7 Å². The van der Waals surface area contributed by atoms with Crippen LogP contribution in [0.4, 0.5) is 0 Å². The first-order chi connectivity index (χ1) is 4.97. The van der Waals surface area contributed by atoms with E-state index in [2.05, 4.69) is 24.3 Å². The van der Waals surface area contributed by atoms with Gasteiger partial charge in [0.15, 0.2) is 0 Å². The Morgan fingerprint density at radius 1 is 0.800 bits per heavy atom. The average Bonchev–Trinajstić information content (AvgIpc) is 2.59. The van der Waals surface area contributed by atoms with E-state index < -0.39 is 0 Å². The lowest BCUT2D eigenvalue weighted by Crippen LogP contribution is -1.78. The zero-order valence-electron chi connectivity index (χ0n) is 6.14. The molecule has 0 bridgehead atoms. The Morgan fingerprint density at radius 2 is 1.30 bits per heavy atom. The van der Waals surface area contributed by atoms with Gasteiger partial charge in [0.25, 0.3) is 0 Å². The van der Waals surface area contributed by atoms with E-state index in [4.69, 9.17) is 0 Å². The van der Waals surface area contributed by atoms with Crippen molar-refractivity contribution in [3.05, 3.63) is 35.5 Å². The van der Waals surface area contributed by atoms with Gasteiger partial charge in [0.05, 0.1) is 0 Å². The molecule has 0 heteroatoms. The summed E-state index contributed by atoms with van der Waals surface area (Å²) < 4.78 is 0. The van der Waals surface area contributed by atoms with E-state index in [-0.39, 0.29) is 0 Å². The summed E-state index contributed by atoms with van der Waals surface area (Å²) in [7, 11) is 0. The van der Waals surface area contributed by atoms with Gasteiger partial charge in [-0.1, -0.05) is 24.3 Å². The molecule has 0 fully saturated rings. The van der Waals surface area contributed by atoms with Gasteiger partial charge in [-0.2, -0.15) is 0 Å². The molecule has 0 N–H and O–H groups in total. The summed E-state index contributed by atoms with van der Waals surface area (Å²) in [5.74, 6) is 0. The van der Waals surface area contributed by atoms with E-state index in [1.165, 1.54) is 25.7 Å². The Morgan fingerprint density at radius 3 is 1.60 bits per heavy atom. The van der Waals surface area contributed by atoms with Gasteiger partial charge in [0.1, 0.15) is 0 Å². The van der Waals surface area contributed by atoms with Gasteiger partial charge >= 0.3 is 0 Å². The third-order valence-electron chi connectivity index (χ3n) is 2.21. The van der Waals surface area contributed by atoms with E-state index in [1.54, 1.807) is 11.1 Å². The predicted molar refractivity (Wildman–Crippen MR) is 43.8 cm³/mol. The maximum Gasteiger partial charge on any atom is -0.0241 e. The van der Waals surface area contributed by atoms with Crippen molar-refractivity contribution in [2.75, 3.05) is 0 Å². The van der Waals surface area contributed by atoms with Crippen molar-refractivity contribution in [2.24, 2.45) is 0 Å². The molecule has 0 aromatic heterocycles. The van der Waals surface area contributed by atoms with Crippen molar-refractivity contribution in [3.8, 4) is 0 Å². The summed E-state index contributed by atoms with van der Waals surface area (Å²) >= 11 is 0. The van der Waals surface area contributed by atoms with Crippen molar-refractivity contribution in [1.82, 2.24) is 0 Å². The zero-order chi connectivity index (χ0) is 6.81. The normalized spacial score (nSPS) is 30.4. The van der Waals surface area contributed by atoms with Crippen LogP contribution in [0.25, 0.3) is 0 Å². The third kappa shape index (κ3) is 0.942. The first kappa shape index (κ1) is 5.96. The Labute approximate surface area is 61.9 Å². The van der Waals surface area contributed by atoms with Crippen LogP contribution in [-0.2, 0) is 0 Å². The fourth-order valence-electron chi connectivity index (χ4n) is 1.63. The molecule has 0 saturated carbocycles. The molecule has 0 heterocycles. The molecule has 0 unspecified atom stereocenters. The Kier molecular flexibility index (Phi) is 1.46. The Bertz CT molecular complexity index is 192. The number of allylic oxidation sites excluding steroid dienone is 6. The summed E-state index contributed by atoms with van der Waals surface area (Å²) in [5, 5.41) is 0. The van der Waals surface area contributed by atoms with Gasteiger partial charge in [-0.15, -0.1) is 0 Å². The van der Waals surface area contributed by atoms with Crippen LogP contribution in [0.2, 0.25) is 0 Å². The molecule has 2 aliphatic carbocycles. The highest BCUT2D eigenvalue weighted by atomic mass is 14.1. The molecule has 0 aromatic carbocycles. The Balaban J connectivity index is 2.26. The second-order valence-corrected chi connectivity index (χ2v) is 2.93. The van der Waals surface area contributed by atoms with Crippen molar-refractivity contribution in [1.29, 1.82) is 0 Å². The van der Waals surface area contributed by atoms with Crippen LogP contribution >= 0.6 is 0 Å². The first-order valence-electron chi connectivity index (χ1n) is 4.02. The minimum absolute atomic E-state index is 1.26. The SMILES string of the molecule is C1=CC(=C2C=CCC2)CC1. The zero-order valence-corrected chi connectivity index (χ0v) is 6.14. The average molecular weight is 132 g/mol. The van der Waals surface area contributed by atoms with Gasteiger partial charge in [-0.05, 0) is 36.8 Å². The van der Waals surface area contributed by atoms with Gasteiger partial charge in [0, 0.05) is 0 Å². The quantitative estimate of drug-likeness (QED) is 0.475. The highest BCUT2D eigenvalue weighted by molar-refractivity contribution is 5.38. The van der Waals surface area contributed by atoms with E-state index >= 15 is 0 Å². The molecule has 0 nitrogen and oxygen atoms in total. The summed E-state index contributed by atoms with van der Waals surface area (Å²) in [6.07, 6.45) is 14.2. The number of hydrogen-bond donors (Lipinski definition) is 0. The molecule has 2 aliphatic rings. The second kappa shape index (κ2) is 2.45. The molecule has 10 heavy (non-hydrogen) atoms. The highest BCUT2D eigenvalue weighted by Gasteiger charge is 2.07. The molecule has 52 valence electrons. The molecule has 0 radical (unpaired) electrons. The van der Waals surface area contributed by atoms with Crippen LogP contribution in [0.3, 0.4) is 0 Å². The van der Waals surface area contributed by atoms with E-state index in [0.717, 1.165) is 0 Å². The maximum absolute atomic E-state index is 2.28. The first-order valence-corrected chi connectivity index (χ1v) is 4.02. The molecular weight excluding hydrogens is 120 g/mol. The molecule has 0 aromatic rings.